The highest BCUT2D eigenvalue weighted by molar-refractivity contribution is 8.02. The van der Waals surface area contributed by atoms with Crippen LogP contribution in [0.5, 0.6) is 0 Å². The SMILES string of the molecule is CC.CCC1C=CSC1C. The minimum absolute atomic E-state index is 0.833. The molecule has 0 aromatic carbocycles. The lowest BCUT2D eigenvalue weighted by molar-refractivity contribution is 0.630. The van der Waals surface area contributed by atoms with Crippen molar-refractivity contribution in [3.8, 4) is 0 Å². The first-order valence-electron chi connectivity index (χ1n) is 4.16. The summed E-state index contributed by atoms with van der Waals surface area (Å²) < 4.78 is 0. The zero-order chi connectivity index (χ0) is 7.98. The van der Waals surface area contributed by atoms with Gasteiger partial charge in [0.15, 0.2) is 0 Å². The summed E-state index contributed by atoms with van der Waals surface area (Å²) in [7, 11) is 0. The maximum atomic E-state index is 2.31. The van der Waals surface area contributed by atoms with E-state index >= 15 is 0 Å². The largest absolute Gasteiger partial charge is 0.131 e. The average molecular weight is 158 g/mol. The molecule has 0 bridgehead atoms. The molecule has 0 radical (unpaired) electrons. The van der Waals surface area contributed by atoms with Gasteiger partial charge in [0.2, 0.25) is 0 Å². The minimum Gasteiger partial charge on any atom is -0.131 e. The van der Waals surface area contributed by atoms with Crippen LogP contribution in [0.4, 0.5) is 0 Å². The molecule has 0 saturated carbocycles. The molecule has 2 unspecified atom stereocenters. The number of allylic oxidation sites excluding steroid dienone is 1. The summed E-state index contributed by atoms with van der Waals surface area (Å²) in [6, 6.07) is 0. The van der Waals surface area contributed by atoms with Crippen molar-refractivity contribution in [1.82, 2.24) is 0 Å². The molecule has 0 fully saturated rings. The van der Waals surface area contributed by atoms with Gasteiger partial charge in [0.25, 0.3) is 0 Å². The van der Waals surface area contributed by atoms with E-state index in [1.165, 1.54) is 6.42 Å². The van der Waals surface area contributed by atoms with Crippen molar-refractivity contribution in [3.05, 3.63) is 11.5 Å². The third kappa shape index (κ3) is 2.78. The molecule has 1 heterocycles. The quantitative estimate of drug-likeness (QED) is 0.561. The van der Waals surface area contributed by atoms with Gasteiger partial charge in [-0.2, -0.15) is 0 Å². The van der Waals surface area contributed by atoms with Crippen molar-refractivity contribution in [1.29, 1.82) is 0 Å². The first-order valence-corrected chi connectivity index (χ1v) is 5.11. The highest BCUT2D eigenvalue weighted by atomic mass is 32.2. The van der Waals surface area contributed by atoms with Crippen LogP contribution in [-0.2, 0) is 0 Å². The first-order chi connectivity index (χ1) is 4.84. The van der Waals surface area contributed by atoms with E-state index in [0.29, 0.717) is 0 Å². The van der Waals surface area contributed by atoms with Crippen LogP contribution in [0.1, 0.15) is 34.1 Å². The van der Waals surface area contributed by atoms with Gasteiger partial charge < -0.3 is 0 Å². The van der Waals surface area contributed by atoms with Gasteiger partial charge in [0.05, 0.1) is 0 Å². The fourth-order valence-corrected chi connectivity index (χ4v) is 2.02. The molecule has 0 nitrogen and oxygen atoms in total. The minimum atomic E-state index is 0.833. The first kappa shape index (κ1) is 10.1. The summed E-state index contributed by atoms with van der Waals surface area (Å²) in [5.74, 6) is 0.847. The molecule has 2 atom stereocenters. The maximum absolute atomic E-state index is 2.31. The van der Waals surface area contributed by atoms with Crippen molar-refractivity contribution in [2.45, 2.75) is 39.4 Å². The van der Waals surface area contributed by atoms with Gasteiger partial charge in [-0.1, -0.05) is 33.8 Å². The Morgan fingerprint density at radius 3 is 2.20 bits per heavy atom. The molecule has 0 aliphatic carbocycles. The molecule has 1 heteroatoms. The van der Waals surface area contributed by atoms with Crippen molar-refractivity contribution in [2.24, 2.45) is 5.92 Å². The normalized spacial score (nSPS) is 29.6. The lowest BCUT2D eigenvalue weighted by atomic mass is 10.0. The lowest BCUT2D eigenvalue weighted by Crippen LogP contribution is -2.04. The second-order valence-electron chi connectivity index (χ2n) is 2.24. The number of thioether (sulfide) groups is 1. The Balaban J connectivity index is 0.000000371. The van der Waals surface area contributed by atoms with Gasteiger partial charge in [-0.05, 0) is 17.7 Å². The third-order valence-corrected chi connectivity index (χ3v) is 2.79. The monoisotopic (exact) mass is 158 g/mol. The molecule has 60 valence electrons. The molecule has 0 amide bonds. The van der Waals surface area contributed by atoms with E-state index in [2.05, 4.69) is 25.3 Å². The standard InChI is InChI=1S/C7H12S.C2H6/c1-3-7-4-5-8-6(7)2;1-2/h4-7H,3H2,1-2H3;1-2H3. The van der Waals surface area contributed by atoms with Crippen LogP contribution in [0.15, 0.2) is 11.5 Å². The molecule has 10 heavy (non-hydrogen) atoms. The molecule has 0 aromatic heterocycles. The van der Waals surface area contributed by atoms with E-state index in [-0.39, 0.29) is 0 Å². The molecule has 0 saturated heterocycles. The number of hydrogen-bond donors (Lipinski definition) is 0. The maximum Gasteiger partial charge on any atom is 0.0123 e. The van der Waals surface area contributed by atoms with E-state index in [0.717, 1.165) is 11.2 Å². The second-order valence-corrected chi connectivity index (χ2v) is 3.53. The summed E-state index contributed by atoms with van der Waals surface area (Å²) in [6.45, 7) is 8.54. The lowest BCUT2D eigenvalue weighted by Gasteiger charge is -2.08. The molecular formula is C9H18S. The molecule has 0 spiro atoms. The Morgan fingerprint density at radius 1 is 1.40 bits per heavy atom. The highest BCUT2D eigenvalue weighted by Crippen LogP contribution is 2.30. The highest BCUT2D eigenvalue weighted by Gasteiger charge is 2.15. The molecular weight excluding hydrogens is 140 g/mol. The summed E-state index contributed by atoms with van der Waals surface area (Å²) in [5, 5.41) is 3.05. The van der Waals surface area contributed by atoms with Crippen molar-refractivity contribution in [3.63, 3.8) is 0 Å². The Labute approximate surface area is 69.1 Å². The second kappa shape index (κ2) is 5.84. The van der Waals surface area contributed by atoms with Crippen LogP contribution in [0.2, 0.25) is 0 Å². The van der Waals surface area contributed by atoms with Crippen molar-refractivity contribution in [2.75, 3.05) is 0 Å². The van der Waals surface area contributed by atoms with E-state index in [4.69, 9.17) is 0 Å². The zero-order valence-corrected chi connectivity index (χ0v) is 8.24. The molecule has 0 aromatic rings. The van der Waals surface area contributed by atoms with Crippen LogP contribution in [0.3, 0.4) is 0 Å². The third-order valence-electron chi connectivity index (χ3n) is 1.69. The fourth-order valence-electron chi connectivity index (χ4n) is 0.996. The predicted molar refractivity (Wildman–Crippen MR) is 51.3 cm³/mol. The number of rotatable bonds is 1. The summed E-state index contributed by atoms with van der Waals surface area (Å²) in [5.41, 5.74) is 0. The van der Waals surface area contributed by atoms with Crippen LogP contribution in [-0.4, -0.2) is 5.25 Å². The molecule has 1 aliphatic heterocycles. The van der Waals surface area contributed by atoms with E-state index < -0.39 is 0 Å². The fraction of sp³-hybridized carbons (Fsp3) is 0.778. The van der Waals surface area contributed by atoms with Crippen molar-refractivity contribution >= 4 is 11.8 Å². The van der Waals surface area contributed by atoms with E-state index in [1.807, 2.05) is 25.6 Å². The van der Waals surface area contributed by atoms with Crippen molar-refractivity contribution < 1.29 is 0 Å². The van der Waals surface area contributed by atoms with Gasteiger partial charge in [-0.15, -0.1) is 11.8 Å². The van der Waals surface area contributed by atoms with Gasteiger partial charge >= 0.3 is 0 Å². The smallest absolute Gasteiger partial charge is 0.0123 e. The van der Waals surface area contributed by atoms with Gasteiger partial charge in [0, 0.05) is 5.25 Å². The van der Waals surface area contributed by atoms with Gasteiger partial charge in [0.1, 0.15) is 0 Å². The summed E-state index contributed by atoms with van der Waals surface area (Å²) in [4.78, 5) is 0. The van der Waals surface area contributed by atoms with Crippen LogP contribution in [0, 0.1) is 5.92 Å². The van der Waals surface area contributed by atoms with E-state index in [9.17, 15) is 0 Å². The average Bonchev–Trinajstić information content (AvgIpc) is 2.39. The summed E-state index contributed by atoms with van der Waals surface area (Å²) in [6.07, 6.45) is 3.61. The Bertz CT molecular complexity index is 96.9. The number of hydrogen-bond acceptors (Lipinski definition) is 1. The predicted octanol–water partition coefficient (Wildman–Crippen LogP) is 3.69. The van der Waals surface area contributed by atoms with Gasteiger partial charge in [-0.3, -0.25) is 0 Å². The van der Waals surface area contributed by atoms with Crippen LogP contribution in [0.25, 0.3) is 0 Å². The van der Waals surface area contributed by atoms with Crippen LogP contribution >= 0.6 is 11.8 Å². The Hall–Kier alpha value is 0.0900. The van der Waals surface area contributed by atoms with Gasteiger partial charge in [-0.25, -0.2) is 0 Å². The van der Waals surface area contributed by atoms with E-state index in [1.54, 1.807) is 0 Å². The molecule has 1 aliphatic rings. The Kier molecular flexibility index (Phi) is 5.90. The molecule has 0 N–H and O–H groups in total. The topological polar surface area (TPSA) is 0 Å². The summed E-state index contributed by atoms with van der Waals surface area (Å²) >= 11 is 1.95. The Morgan fingerprint density at radius 2 is 2.00 bits per heavy atom. The van der Waals surface area contributed by atoms with Crippen LogP contribution < -0.4 is 0 Å². The zero-order valence-electron chi connectivity index (χ0n) is 7.42. The molecule has 1 rings (SSSR count).